The molecule has 0 bridgehead atoms. The molecular weight excluding hydrogens is 416 g/mol. The first kappa shape index (κ1) is 20.6. The van der Waals surface area contributed by atoms with Crippen LogP contribution < -0.4 is 5.32 Å². The van der Waals surface area contributed by atoms with Gasteiger partial charge >= 0.3 is 0 Å². The first-order valence-corrected chi connectivity index (χ1v) is 15.0. The molecule has 2 heterocycles. The van der Waals surface area contributed by atoms with Crippen molar-refractivity contribution in [2.24, 2.45) is 14.1 Å². The minimum absolute atomic E-state index is 1.29. The second-order valence-corrected chi connectivity index (χ2v) is 15.0. The molecule has 0 radical (unpaired) electrons. The van der Waals surface area contributed by atoms with Gasteiger partial charge in [0, 0.05) is 47.4 Å². The van der Waals surface area contributed by atoms with Gasteiger partial charge in [-0.25, -0.2) is 0 Å². The zero-order chi connectivity index (χ0) is 22.9. The Labute approximate surface area is 196 Å². The van der Waals surface area contributed by atoms with Crippen LogP contribution in [0.25, 0.3) is 54.1 Å². The van der Waals surface area contributed by atoms with Crippen LogP contribution in [0.4, 0.5) is 0 Å². The van der Waals surface area contributed by atoms with Crippen LogP contribution in [0, 0.1) is 0 Å². The number of nitrogens with zero attached hydrogens (tertiary/aromatic N) is 2. The highest BCUT2D eigenvalue weighted by molar-refractivity contribution is 6.91. The van der Waals surface area contributed by atoms with Gasteiger partial charge < -0.3 is 9.13 Å². The number of rotatable bonds is 4. The number of aromatic nitrogens is 2. The fourth-order valence-corrected chi connectivity index (χ4v) is 10.2. The molecule has 0 aliphatic carbocycles. The predicted molar refractivity (Wildman–Crippen MR) is 149 cm³/mol. The predicted octanol–water partition coefficient (Wildman–Crippen LogP) is 7.85. The molecule has 2 nitrogen and oxygen atoms in total. The fraction of sp³-hybridized carbons (Fsp3) is 0.267. The molecule has 0 saturated carbocycles. The summed E-state index contributed by atoms with van der Waals surface area (Å²) in [6.45, 7) is 7.20. The molecule has 4 aromatic carbocycles. The molecule has 0 fully saturated rings. The number of hydrogen-bond donors (Lipinski definition) is 0. The summed E-state index contributed by atoms with van der Waals surface area (Å²) >= 11 is 0. The molecule has 0 N–H and O–H groups in total. The van der Waals surface area contributed by atoms with E-state index in [2.05, 4.69) is 111 Å². The van der Waals surface area contributed by atoms with E-state index in [1.54, 1.807) is 5.32 Å². The van der Waals surface area contributed by atoms with Crippen molar-refractivity contribution >= 4 is 67.5 Å². The second-order valence-electron chi connectivity index (χ2n) is 9.85. The Morgan fingerprint density at radius 1 is 0.576 bits per heavy atom. The Hall–Kier alpha value is -3.04. The van der Waals surface area contributed by atoms with E-state index in [-0.39, 0.29) is 0 Å². The van der Waals surface area contributed by atoms with Gasteiger partial charge in [0.25, 0.3) is 0 Å². The van der Waals surface area contributed by atoms with Gasteiger partial charge in [-0.05, 0) is 68.7 Å². The van der Waals surface area contributed by atoms with Crippen molar-refractivity contribution in [1.82, 2.24) is 9.13 Å². The van der Waals surface area contributed by atoms with Gasteiger partial charge in [0.15, 0.2) is 0 Å². The highest BCUT2D eigenvalue weighted by Crippen LogP contribution is 2.36. The summed E-state index contributed by atoms with van der Waals surface area (Å²) in [5, 5.41) is 12.3. The van der Waals surface area contributed by atoms with Crippen molar-refractivity contribution in [3.8, 4) is 0 Å². The third-order valence-electron chi connectivity index (χ3n) is 8.57. The number of fused-ring (bicyclic) bond motifs is 7. The third-order valence-corrected chi connectivity index (χ3v) is 14.2. The molecule has 0 atom stereocenters. The van der Waals surface area contributed by atoms with Crippen molar-refractivity contribution < 1.29 is 0 Å². The lowest BCUT2D eigenvalue weighted by Gasteiger charge is -2.28. The quantitative estimate of drug-likeness (QED) is 0.192. The summed E-state index contributed by atoms with van der Waals surface area (Å²) in [4.78, 5) is 0. The molecule has 0 unspecified atom stereocenters. The SMILES string of the molecule is CC[Si](CC)(CC)c1cc2cc3ccc4c5cc6c(ccn6C)cc5ccc4c3cc2n1C. The Bertz CT molecular complexity index is 1690. The smallest absolute Gasteiger partial charge is 0.107 e. The maximum atomic E-state index is 2.52. The van der Waals surface area contributed by atoms with Gasteiger partial charge in [-0.2, -0.15) is 0 Å². The van der Waals surface area contributed by atoms with E-state index >= 15 is 0 Å². The lowest BCUT2D eigenvalue weighted by molar-refractivity contribution is 0.970. The highest BCUT2D eigenvalue weighted by atomic mass is 28.3. The lowest BCUT2D eigenvalue weighted by atomic mass is 9.96. The van der Waals surface area contributed by atoms with E-state index in [1.165, 1.54) is 72.3 Å². The normalized spacial score (nSPS) is 12.8. The van der Waals surface area contributed by atoms with Crippen molar-refractivity contribution in [1.29, 1.82) is 0 Å². The van der Waals surface area contributed by atoms with E-state index in [4.69, 9.17) is 0 Å². The van der Waals surface area contributed by atoms with Crippen molar-refractivity contribution in [2.75, 3.05) is 0 Å². The molecule has 0 amide bonds. The van der Waals surface area contributed by atoms with E-state index in [0.717, 1.165) is 0 Å². The van der Waals surface area contributed by atoms with Crippen LogP contribution in [-0.2, 0) is 14.1 Å². The molecule has 2 aromatic heterocycles. The van der Waals surface area contributed by atoms with Gasteiger partial charge in [0.1, 0.15) is 8.07 Å². The van der Waals surface area contributed by atoms with E-state index in [0.29, 0.717) is 0 Å². The summed E-state index contributed by atoms with van der Waals surface area (Å²) in [6, 6.07) is 27.5. The maximum absolute atomic E-state index is 2.52. The molecule has 0 spiro atoms. The van der Waals surface area contributed by atoms with Crippen LogP contribution in [0.3, 0.4) is 0 Å². The van der Waals surface area contributed by atoms with Gasteiger partial charge in [-0.15, -0.1) is 0 Å². The topological polar surface area (TPSA) is 9.86 Å². The summed E-state index contributed by atoms with van der Waals surface area (Å²) in [5.74, 6) is 0. The van der Waals surface area contributed by atoms with Crippen LogP contribution in [-0.4, -0.2) is 17.2 Å². The van der Waals surface area contributed by atoms with Crippen LogP contribution in [0.1, 0.15) is 20.8 Å². The minimum atomic E-state index is -1.45. The zero-order valence-electron chi connectivity index (χ0n) is 20.4. The largest absolute Gasteiger partial charge is 0.352 e. The summed E-state index contributed by atoms with van der Waals surface area (Å²) < 4.78 is 4.74. The molecule has 3 heteroatoms. The summed E-state index contributed by atoms with van der Waals surface area (Å²) in [7, 11) is 2.97. The molecular formula is C30H32N2Si. The monoisotopic (exact) mass is 448 g/mol. The second kappa shape index (κ2) is 7.23. The third kappa shape index (κ3) is 2.78. The lowest BCUT2D eigenvalue weighted by Crippen LogP contribution is -2.48. The van der Waals surface area contributed by atoms with E-state index in [1.807, 2.05) is 0 Å². The van der Waals surface area contributed by atoms with Gasteiger partial charge in [0.05, 0.1) is 0 Å². The summed E-state index contributed by atoms with van der Waals surface area (Å²) in [6.07, 6.45) is 2.15. The zero-order valence-corrected chi connectivity index (χ0v) is 21.4. The number of aryl methyl sites for hydroxylation is 2. The molecule has 33 heavy (non-hydrogen) atoms. The van der Waals surface area contributed by atoms with Gasteiger partial charge in [-0.1, -0.05) is 63.2 Å². The molecule has 6 rings (SSSR count). The van der Waals surface area contributed by atoms with Crippen LogP contribution in [0.15, 0.2) is 66.9 Å². The number of benzene rings is 4. The van der Waals surface area contributed by atoms with Gasteiger partial charge in [-0.3, -0.25) is 0 Å². The Kier molecular flexibility index (Phi) is 4.50. The Morgan fingerprint density at radius 2 is 1.15 bits per heavy atom. The Morgan fingerprint density at radius 3 is 1.76 bits per heavy atom. The summed E-state index contributed by atoms with van der Waals surface area (Å²) in [5.41, 5.74) is 2.66. The first-order valence-electron chi connectivity index (χ1n) is 12.3. The standard InChI is InChI=1S/C30H32N2Si/c1-6-33(7-2,8-3)30-17-23-16-21-10-12-24-25(27(21)19-29(23)32(30)5)11-9-20-15-22-13-14-31(4)28(22)18-26(20)24/h9-19H,6-8H2,1-5H3. The van der Waals surface area contributed by atoms with Crippen molar-refractivity contribution in [3.63, 3.8) is 0 Å². The van der Waals surface area contributed by atoms with Crippen molar-refractivity contribution in [3.05, 3.63) is 66.9 Å². The molecule has 166 valence electrons. The van der Waals surface area contributed by atoms with Crippen molar-refractivity contribution in [2.45, 2.75) is 38.9 Å². The minimum Gasteiger partial charge on any atom is -0.352 e. The van der Waals surface area contributed by atoms with Gasteiger partial charge in [0.2, 0.25) is 0 Å². The molecule has 0 aliphatic heterocycles. The molecule has 6 aromatic rings. The van der Waals surface area contributed by atoms with E-state index < -0.39 is 8.07 Å². The molecule has 0 saturated heterocycles. The first-order chi connectivity index (χ1) is 16.0. The number of hydrogen-bond acceptors (Lipinski definition) is 0. The van der Waals surface area contributed by atoms with Crippen LogP contribution in [0.5, 0.6) is 0 Å². The van der Waals surface area contributed by atoms with Crippen LogP contribution in [0.2, 0.25) is 18.1 Å². The maximum Gasteiger partial charge on any atom is 0.107 e. The van der Waals surface area contributed by atoms with Crippen LogP contribution >= 0.6 is 0 Å². The highest BCUT2D eigenvalue weighted by Gasteiger charge is 2.32. The fourth-order valence-electron chi connectivity index (χ4n) is 6.28. The molecule has 0 aliphatic rings. The van der Waals surface area contributed by atoms with E-state index in [9.17, 15) is 0 Å². The average molecular weight is 449 g/mol. The average Bonchev–Trinajstić information content (AvgIpc) is 3.37. The Balaban J connectivity index is 1.67.